The van der Waals surface area contributed by atoms with Crippen LogP contribution in [0.15, 0.2) is 24.5 Å². The summed E-state index contributed by atoms with van der Waals surface area (Å²) in [7, 11) is 0. The Morgan fingerprint density at radius 1 is 1.26 bits per heavy atom. The summed E-state index contributed by atoms with van der Waals surface area (Å²) in [6.45, 7) is 3.59. The molecular weight excluding hydrogens is 308 g/mol. The van der Waals surface area contributed by atoms with Gasteiger partial charge in [-0.1, -0.05) is 18.9 Å². The Morgan fingerprint density at radius 3 is 2.74 bits per heavy atom. The first kappa shape index (κ1) is 16.6. The maximum absolute atomic E-state index is 12.1. The number of amides is 2. The number of hydrogen-bond donors (Lipinski definition) is 2. The van der Waals surface area contributed by atoms with Crippen molar-refractivity contribution in [1.29, 1.82) is 0 Å². The molecule has 2 heterocycles. The van der Waals surface area contributed by atoms with Crippen molar-refractivity contribution in [2.24, 2.45) is 0 Å². The van der Waals surface area contributed by atoms with Crippen molar-refractivity contribution >= 4 is 17.8 Å². The zero-order valence-corrected chi connectivity index (χ0v) is 14.4. The minimum absolute atomic E-state index is 0.0773. The number of carbonyl (C=O) groups excluding carboxylic acids is 1. The largest absolute Gasteiger partial charge is 0.336 e. The van der Waals surface area contributed by atoms with E-state index in [1.165, 1.54) is 37.2 Å². The molecule has 5 nitrogen and oxygen atoms in total. The van der Waals surface area contributed by atoms with Gasteiger partial charge < -0.3 is 10.6 Å². The second-order valence-electron chi connectivity index (χ2n) is 6.43. The van der Waals surface area contributed by atoms with Crippen LogP contribution in [0.3, 0.4) is 0 Å². The molecule has 1 aliphatic carbocycles. The highest BCUT2D eigenvalue weighted by atomic mass is 32.2. The van der Waals surface area contributed by atoms with Gasteiger partial charge >= 0.3 is 6.03 Å². The third-order valence-corrected chi connectivity index (χ3v) is 5.91. The summed E-state index contributed by atoms with van der Waals surface area (Å²) in [5.41, 5.74) is 1.21. The van der Waals surface area contributed by atoms with Gasteiger partial charge in [-0.2, -0.15) is 11.8 Å². The van der Waals surface area contributed by atoms with Gasteiger partial charge in [0.1, 0.15) is 0 Å². The minimum Gasteiger partial charge on any atom is -0.336 e. The number of carbonyl (C=O) groups is 1. The van der Waals surface area contributed by atoms with Crippen molar-refractivity contribution in [2.75, 3.05) is 31.1 Å². The highest BCUT2D eigenvalue weighted by molar-refractivity contribution is 7.99. The molecule has 1 saturated carbocycles. The van der Waals surface area contributed by atoms with Crippen LogP contribution in [0, 0.1) is 0 Å². The predicted octanol–water partition coefficient (Wildman–Crippen LogP) is 2.24. The van der Waals surface area contributed by atoms with Crippen LogP contribution < -0.4 is 10.6 Å². The molecule has 2 aliphatic rings. The van der Waals surface area contributed by atoms with Crippen LogP contribution >= 0.6 is 11.8 Å². The molecule has 1 aromatic heterocycles. The number of aromatic nitrogens is 1. The van der Waals surface area contributed by atoms with Crippen LogP contribution in [0.2, 0.25) is 0 Å². The lowest BCUT2D eigenvalue weighted by Gasteiger charge is -2.43. The number of urea groups is 1. The predicted molar refractivity (Wildman–Crippen MR) is 94.6 cm³/mol. The van der Waals surface area contributed by atoms with Gasteiger partial charge in [0.15, 0.2) is 0 Å². The van der Waals surface area contributed by atoms with Crippen molar-refractivity contribution in [3.63, 3.8) is 0 Å². The number of hydrogen-bond acceptors (Lipinski definition) is 4. The quantitative estimate of drug-likeness (QED) is 0.867. The van der Waals surface area contributed by atoms with Gasteiger partial charge in [-0.3, -0.25) is 9.88 Å². The summed E-state index contributed by atoms with van der Waals surface area (Å²) >= 11 is 2.04. The summed E-state index contributed by atoms with van der Waals surface area (Å²) in [4.78, 5) is 18.8. The number of rotatable bonds is 5. The molecule has 2 fully saturated rings. The summed E-state index contributed by atoms with van der Waals surface area (Å²) in [6.07, 6.45) is 8.50. The van der Waals surface area contributed by atoms with E-state index in [9.17, 15) is 4.79 Å². The first-order valence-corrected chi connectivity index (χ1v) is 9.67. The molecule has 0 bridgehead atoms. The van der Waals surface area contributed by atoms with Crippen LogP contribution in [-0.2, 0) is 6.54 Å². The van der Waals surface area contributed by atoms with Gasteiger partial charge in [0.25, 0.3) is 0 Å². The first-order valence-electron chi connectivity index (χ1n) is 8.52. The van der Waals surface area contributed by atoms with E-state index in [1.54, 1.807) is 12.4 Å². The highest BCUT2D eigenvalue weighted by Gasteiger charge is 2.40. The van der Waals surface area contributed by atoms with E-state index < -0.39 is 0 Å². The number of nitrogens with zero attached hydrogens (tertiary/aromatic N) is 2. The lowest BCUT2D eigenvalue weighted by Crippen LogP contribution is -2.57. The SMILES string of the molecule is O=C(NCc1cccnc1)NCC1(N2CCSCC2)CCCC1. The van der Waals surface area contributed by atoms with Crippen LogP contribution in [-0.4, -0.2) is 52.6 Å². The van der Waals surface area contributed by atoms with Gasteiger partial charge in [-0.05, 0) is 24.5 Å². The third kappa shape index (κ3) is 4.38. The van der Waals surface area contributed by atoms with Crippen molar-refractivity contribution < 1.29 is 4.79 Å². The number of thioether (sulfide) groups is 1. The minimum atomic E-state index is -0.0773. The molecule has 0 spiro atoms. The molecule has 1 aliphatic heterocycles. The van der Waals surface area contributed by atoms with Crippen molar-refractivity contribution in [1.82, 2.24) is 20.5 Å². The average Bonchev–Trinajstić information content (AvgIpc) is 3.10. The van der Waals surface area contributed by atoms with E-state index in [-0.39, 0.29) is 11.6 Å². The van der Waals surface area contributed by atoms with Crippen molar-refractivity contribution in [3.8, 4) is 0 Å². The lowest BCUT2D eigenvalue weighted by molar-refractivity contribution is 0.104. The van der Waals surface area contributed by atoms with E-state index in [4.69, 9.17) is 0 Å². The van der Waals surface area contributed by atoms with E-state index >= 15 is 0 Å². The molecule has 0 aromatic carbocycles. The molecule has 126 valence electrons. The van der Waals surface area contributed by atoms with Gasteiger partial charge in [-0.15, -0.1) is 0 Å². The third-order valence-electron chi connectivity index (χ3n) is 4.97. The molecule has 0 atom stereocenters. The molecule has 23 heavy (non-hydrogen) atoms. The topological polar surface area (TPSA) is 57.3 Å². The molecule has 2 N–H and O–H groups in total. The first-order chi connectivity index (χ1) is 11.3. The standard InChI is InChI=1S/C17H26N4OS/c22-16(19-13-15-4-3-7-18-12-15)20-14-17(5-1-2-6-17)21-8-10-23-11-9-21/h3-4,7,12H,1-2,5-6,8-11,13-14H2,(H2,19,20,22). The van der Waals surface area contributed by atoms with Gasteiger partial charge in [0, 0.05) is 55.6 Å². The molecule has 0 unspecified atom stereocenters. The molecule has 2 amide bonds. The highest BCUT2D eigenvalue weighted by Crippen LogP contribution is 2.36. The Labute approximate surface area is 142 Å². The summed E-state index contributed by atoms with van der Waals surface area (Å²) < 4.78 is 0. The molecular formula is C17H26N4OS. The number of pyridine rings is 1. The lowest BCUT2D eigenvalue weighted by atomic mass is 9.94. The van der Waals surface area contributed by atoms with Crippen molar-refractivity contribution in [3.05, 3.63) is 30.1 Å². The molecule has 1 saturated heterocycles. The molecule has 3 rings (SSSR count). The van der Waals surface area contributed by atoms with Crippen LogP contribution in [0.5, 0.6) is 0 Å². The number of nitrogens with one attached hydrogen (secondary N) is 2. The Bertz CT molecular complexity index is 499. The van der Waals surface area contributed by atoms with E-state index in [0.29, 0.717) is 6.54 Å². The second-order valence-corrected chi connectivity index (χ2v) is 7.65. The molecule has 1 aromatic rings. The zero-order chi connectivity index (χ0) is 16.0. The van der Waals surface area contributed by atoms with Crippen LogP contribution in [0.4, 0.5) is 4.79 Å². The maximum Gasteiger partial charge on any atom is 0.315 e. The fourth-order valence-electron chi connectivity index (χ4n) is 3.67. The van der Waals surface area contributed by atoms with E-state index in [1.807, 2.05) is 23.9 Å². The van der Waals surface area contributed by atoms with Crippen LogP contribution in [0.1, 0.15) is 31.2 Å². The zero-order valence-electron chi connectivity index (χ0n) is 13.6. The van der Waals surface area contributed by atoms with Crippen LogP contribution in [0.25, 0.3) is 0 Å². The summed E-state index contributed by atoms with van der Waals surface area (Å²) in [6, 6.07) is 3.78. The maximum atomic E-state index is 12.1. The molecule has 6 heteroatoms. The van der Waals surface area contributed by atoms with E-state index in [0.717, 1.165) is 25.2 Å². The fraction of sp³-hybridized carbons (Fsp3) is 0.647. The van der Waals surface area contributed by atoms with Gasteiger partial charge in [0.05, 0.1) is 0 Å². The smallest absolute Gasteiger partial charge is 0.315 e. The van der Waals surface area contributed by atoms with Gasteiger partial charge in [0.2, 0.25) is 0 Å². The van der Waals surface area contributed by atoms with Gasteiger partial charge in [-0.25, -0.2) is 4.79 Å². The Kier molecular flexibility index (Phi) is 5.78. The van der Waals surface area contributed by atoms with Crippen molar-refractivity contribution in [2.45, 2.75) is 37.8 Å². The Morgan fingerprint density at radius 2 is 2.04 bits per heavy atom. The normalized spacial score (nSPS) is 21.0. The summed E-state index contributed by atoms with van der Waals surface area (Å²) in [5.74, 6) is 2.43. The fourth-order valence-corrected chi connectivity index (χ4v) is 4.57. The Hall–Kier alpha value is -1.27. The summed E-state index contributed by atoms with van der Waals surface area (Å²) in [5, 5.41) is 6.04. The average molecular weight is 334 g/mol. The monoisotopic (exact) mass is 334 g/mol. The van der Waals surface area contributed by atoms with E-state index in [2.05, 4.69) is 20.5 Å². The second kappa shape index (κ2) is 8.02. The molecule has 0 radical (unpaired) electrons. The Balaban J connectivity index is 1.49.